The van der Waals surface area contributed by atoms with Crippen molar-refractivity contribution in [2.45, 2.75) is 0 Å². The third-order valence-corrected chi connectivity index (χ3v) is 3.05. The number of ether oxygens (including phenoxy) is 1. The van der Waals surface area contributed by atoms with Crippen LogP contribution in [0.25, 0.3) is 0 Å². The molecule has 0 aliphatic rings. The number of benzene rings is 2. The highest BCUT2D eigenvalue weighted by Crippen LogP contribution is 2.23. The van der Waals surface area contributed by atoms with Gasteiger partial charge in [-0.15, -0.1) is 0 Å². The first-order chi connectivity index (χ1) is 10.0. The molecule has 0 aliphatic carbocycles. The highest BCUT2D eigenvalue weighted by Gasteiger charge is 2.13. The molecule has 0 saturated carbocycles. The molecule has 0 atom stereocenters. The van der Waals surface area contributed by atoms with E-state index < -0.39 is 5.97 Å². The fourth-order valence-electron chi connectivity index (χ4n) is 1.75. The molecule has 0 aromatic heterocycles. The minimum absolute atomic E-state index is 0.0296. The van der Waals surface area contributed by atoms with E-state index in [1.807, 2.05) is 0 Å². The molecule has 0 radical (unpaired) electrons. The van der Waals surface area contributed by atoms with Crippen molar-refractivity contribution in [3.63, 3.8) is 0 Å². The first-order valence-electron chi connectivity index (χ1n) is 5.99. The van der Waals surface area contributed by atoms with Crippen LogP contribution in [0.3, 0.4) is 0 Å². The average molecular weight is 306 g/mol. The number of nitrogens with one attached hydrogen (secondary N) is 1. The van der Waals surface area contributed by atoms with Gasteiger partial charge in [-0.05, 0) is 36.4 Å². The molecule has 21 heavy (non-hydrogen) atoms. The van der Waals surface area contributed by atoms with Crippen LogP contribution in [-0.2, 0) is 0 Å². The Labute approximate surface area is 126 Å². The molecular weight excluding hydrogens is 294 g/mol. The van der Waals surface area contributed by atoms with Crippen LogP contribution in [0, 0.1) is 0 Å². The van der Waals surface area contributed by atoms with Crippen LogP contribution in [0.5, 0.6) is 5.75 Å². The quantitative estimate of drug-likeness (QED) is 0.908. The summed E-state index contributed by atoms with van der Waals surface area (Å²) in [5.74, 6) is -1.24. The van der Waals surface area contributed by atoms with Crippen molar-refractivity contribution in [1.29, 1.82) is 0 Å². The van der Waals surface area contributed by atoms with Crippen LogP contribution >= 0.6 is 11.6 Å². The van der Waals surface area contributed by atoms with Gasteiger partial charge in [0, 0.05) is 22.3 Å². The lowest BCUT2D eigenvalue weighted by atomic mass is 10.1. The van der Waals surface area contributed by atoms with E-state index in [2.05, 4.69) is 5.32 Å². The summed E-state index contributed by atoms with van der Waals surface area (Å²) < 4.78 is 5.00. The Balaban J connectivity index is 2.21. The zero-order chi connectivity index (χ0) is 15.4. The number of methoxy groups -OCH3 is 1. The van der Waals surface area contributed by atoms with Gasteiger partial charge in [-0.25, -0.2) is 4.79 Å². The van der Waals surface area contributed by atoms with Gasteiger partial charge in [0.05, 0.1) is 7.11 Å². The molecule has 0 unspecified atom stereocenters. The molecule has 0 fully saturated rings. The van der Waals surface area contributed by atoms with E-state index in [9.17, 15) is 9.59 Å². The predicted molar refractivity (Wildman–Crippen MR) is 79.4 cm³/mol. The fourth-order valence-corrected chi connectivity index (χ4v) is 1.88. The van der Waals surface area contributed by atoms with Gasteiger partial charge in [0.25, 0.3) is 5.91 Å². The number of carbonyl (C=O) groups excluding carboxylic acids is 1. The number of amides is 1. The molecule has 0 bridgehead atoms. The van der Waals surface area contributed by atoms with Gasteiger partial charge in [-0.2, -0.15) is 0 Å². The summed E-state index contributed by atoms with van der Waals surface area (Å²) in [6, 6.07) is 10.8. The lowest BCUT2D eigenvalue weighted by Gasteiger charge is -2.09. The third-order valence-electron chi connectivity index (χ3n) is 2.80. The summed E-state index contributed by atoms with van der Waals surface area (Å²) in [4.78, 5) is 23.0. The number of hydrogen-bond acceptors (Lipinski definition) is 3. The second kappa shape index (κ2) is 6.28. The Morgan fingerprint density at radius 2 is 1.81 bits per heavy atom. The molecule has 6 heteroatoms. The maximum atomic E-state index is 12.0. The number of carbonyl (C=O) groups is 2. The fraction of sp³-hybridized carbons (Fsp3) is 0.0667. The number of anilines is 1. The Morgan fingerprint density at radius 1 is 1.14 bits per heavy atom. The van der Waals surface area contributed by atoms with Crippen LogP contribution in [-0.4, -0.2) is 24.1 Å². The van der Waals surface area contributed by atoms with Crippen molar-refractivity contribution in [2.75, 3.05) is 12.4 Å². The summed E-state index contributed by atoms with van der Waals surface area (Å²) in [7, 11) is 1.37. The Kier molecular flexibility index (Phi) is 4.45. The summed E-state index contributed by atoms with van der Waals surface area (Å²) in [6.45, 7) is 0. The van der Waals surface area contributed by atoms with Crippen molar-refractivity contribution < 1.29 is 19.4 Å². The molecular formula is C15H12ClNO4. The standard InChI is InChI=1S/C15H12ClNO4/c1-21-13-8-11(6-7-12(13)15(19)20)17-14(18)9-2-4-10(16)5-3-9/h2-8H,1H3,(H,17,18)(H,19,20). The highest BCUT2D eigenvalue weighted by atomic mass is 35.5. The van der Waals surface area contributed by atoms with E-state index in [0.29, 0.717) is 16.3 Å². The van der Waals surface area contributed by atoms with Gasteiger partial charge in [-0.1, -0.05) is 11.6 Å². The van der Waals surface area contributed by atoms with Crippen LogP contribution in [0.4, 0.5) is 5.69 Å². The molecule has 1 amide bonds. The zero-order valence-corrected chi connectivity index (χ0v) is 11.8. The number of hydrogen-bond donors (Lipinski definition) is 2. The number of carboxylic acids is 1. The number of halogens is 1. The SMILES string of the molecule is COc1cc(NC(=O)c2ccc(Cl)cc2)ccc1C(=O)O. The van der Waals surface area contributed by atoms with Crippen molar-refractivity contribution in [1.82, 2.24) is 0 Å². The van der Waals surface area contributed by atoms with E-state index >= 15 is 0 Å². The first-order valence-corrected chi connectivity index (χ1v) is 6.37. The van der Waals surface area contributed by atoms with Crippen LogP contribution in [0.1, 0.15) is 20.7 Å². The molecule has 0 aliphatic heterocycles. The van der Waals surface area contributed by atoms with Crippen LogP contribution in [0.2, 0.25) is 5.02 Å². The van der Waals surface area contributed by atoms with Crippen molar-refractivity contribution >= 4 is 29.2 Å². The minimum Gasteiger partial charge on any atom is -0.496 e. The highest BCUT2D eigenvalue weighted by molar-refractivity contribution is 6.30. The van der Waals surface area contributed by atoms with Gasteiger partial charge in [0.15, 0.2) is 0 Å². The zero-order valence-electron chi connectivity index (χ0n) is 11.1. The van der Waals surface area contributed by atoms with Crippen LogP contribution < -0.4 is 10.1 Å². The normalized spacial score (nSPS) is 10.0. The monoisotopic (exact) mass is 305 g/mol. The van der Waals surface area contributed by atoms with E-state index in [4.69, 9.17) is 21.4 Å². The molecule has 5 nitrogen and oxygen atoms in total. The van der Waals surface area contributed by atoms with Gasteiger partial charge in [-0.3, -0.25) is 4.79 Å². The second-order valence-electron chi connectivity index (χ2n) is 4.18. The minimum atomic E-state index is -1.09. The van der Waals surface area contributed by atoms with E-state index in [1.54, 1.807) is 24.3 Å². The summed E-state index contributed by atoms with van der Waals surface area (Å²) in [6.07, 6.45) is 0. The Hall–Kier alpha value is -2.53. The molecule has 0 spiro atoms. The Morgan fingerprint density at radius 3 is 2.38 bits per heavy atom. The lowest BCUT2D eigenvalue weighted by molar-refractivity contribution is 0.0693. The number of aromatic carboxylic acids is 1. The predicted octanol–water partition coefficient (Wildman–Crippen LogP) is 3.30. The van der Waals surface area contributed by atoms with Gasteiger partial charge in [0.1, 0.15) is 11.3 Å². The average Bonchev–Trinajstić information content (AvgIpc) is 2.47. The second-order valence-corrected chi connectivity index (χ2v) is 4.62. The van der Waals surface area contributed by atoms with Gasteiger partial charge >= 0.3 is 5.97 Å². The van der Waals surface area contributed by atoms with E-state index in [1.165, 1.54) is 25.3 Å². The van der Waals surface area contributed by atoms with E-state index in [-0.39, 0.29) is 17.2 Å². The summed E-state index contributed by atoms with van der Waals surface area (Å²) in [5, 5.41) is 12.2. The van der Waals surface area contributed by atoms with Crippen LogP contribution in [0.15, 0.2) is 42.5 Å². The molecule has 2 aromatic rings. The van der Waals surface area contributed by atoms with Gasteiger partial charge < -0.3 is 15.2 Å². The number of rotatable bonds is 4. The van der Waals surface area contributed by atoms with Gasteiger partial charge in [0.2, 0.25) is 0 Å². The summed E-state index contributed by atoms with van der Waals surface area (Å²) >= 11 is 5.76. The molecule has 2 N–H and O–H groups in total. The largest absolute Gasteiger partial charge is 0.496 e. The lowest BCUT2D eigenvalue weighted by Crippen LogP contribution is -2.12. The molecule has 0 heterocycles. The maximum Gasteiger partial charge on any atom is 0.339 e. The molecule has 2 aromatic carbocycles. The van der Waals surface area contributed by atoms with E-state index in [0.717, 1.165) is 0 Å². The number of carboxylic acid groups (broad SMARTS) is 1. The first kappa shape index (κ1) is 14.9. The van der Waals surface area contributed by atoms with Crippen molar-refractivity contribution in [3.8, 4) is 5.75 Å². The van der Waals surface area contributed by atoms with Crippen molar-refractivity contribution in [3.05, 3.63) is 58.6 Å². The molecule has 0 saturated heterocycles. The topological polar surface area (TPSA) is 75.6 Å². The Bertz CT molecular complexity index is 683. The molecule has 2 rings (SSSR count). The summed E-state index contributed by atoms with van der Waals surface area (Å²) in [5.41, 5.74) is 0.916. The van der Waals surface area contributed by atoms with Crippen molar-refractivity contribution in [2.24, 2.45) is 0 Å². The smallest absolute Gasteiger partial charge is 0.339 e. The maximum absolute atomic E-state index is 12.0. The molecule has 108 valence electrons. The third kappa shape index (κ3) is 3.52.